The molecule has 81 heavy (non-hydrogen) atoms. The maximum Gasteiger partial charge on any atom is 0.220 e. The average molecular weight is 1150 g/mol. The molecular formula is C67H121NO13. The number of carbonyl (C=O) groups is 1. The summed E-state index contributed by atoms with van der Waals surface area (Å²) in [6.45, 7) is 2.60. The van der Waals surface area contributed by atoms with Gasteiger partial charge in [0.2, 0.25) is 5.91 Å². The molecule has 2 saturated heterocycles. The van der Waals surface area contributed by atoms with Crippen LogP contribution in [0.3, 0.4) is 0 Å². The highest BCUT2D eigenvalue weighted by molar-refractivity contribution is 5.76. The van der Waals surface area contributed by atoms with Crippen LogP contribution in [0.4, 0.5) is 0 Å². The molecule has 0 radical (unpaired) electrons. The van der Waals surface area contributed by atoms with Gasteiger partial charge in [0, 0.05) is 6.42 Å². The van der Waals surface area contributed by atoms with Gasteiger partial charge in [0.1, 0.15) is 48.8 Å². The molecule has 0 bridgehead atoms. The quantitative estimate of drug-likeness (QED) is 0.0204. The monoisotopic (exact) mass is 1150 g/mol. The lowest BCUT2D eigenvalue weighted by molar-refractivity contribution is -0.359. The summed E-state index contributed by atoms with van der Waals surface area (Å²) in [7, 11) is 0. The van der Waals surface area contributed by atoms with Crippen molar-refractivity contribution >= 4 is 5.91 Å². The number of rotatable bonds is 53. The molecule has 1 amide bonds. The second-order valence-corrected chi connectivity index (χ2v) is 23.2. The minimum Gasteiger partial charge on any atom is -0.394 e. The first-order valence-electron chi connectivity index (χ1n) is 33.0. The summed E-state index contributed by atoms with van der Waals surface area (Å²) in [5.41, 5.74) is 0. The zero-order valence-corrected chi connectivity index (χ0v) is 51.0. The standard InChI is InChI=1S/C67H121NO13/c1-3-5-7-9-11-12-13-14-15-16-17-18-19-20-21-22-23-24-25-26-27-28-29-30-31-32-33-34-35-36-37-38-39-40-41-42-43-44-45-47-49-51-59(72)68-55(56(71)50-48-46-10-8-6-4-2)54-78-66-64(77)62(75)65(58(53-70)80-66)81-67-63(76)61(74)60(73)57(52-69)79-67/h5,7,11-12,14-15,17-18,48,50,55-58,60-67,69-71,73-77H,3-4,6,8-10,13,16,19-47,49,51-54H2,1-2H3,(H,68,72)/b7-5-,12-11-,15-14-,18-17-,50-48+. The number of aliphatic hydroxyl groups excluding tert-OH is 8. The Hall–Kier alpha value is -2.31. The Bertz CT molecular complexity index is 1590. The molecule has 472 valence electrons. The summed E-state index contributed by atoms with van der Waals surface area (Å²) in [6, 6.07) is -0.910. The minimum atomic E-state index is -1.79. The first-order valence-corrected chi connectivity index (χ1v) is 33.0. The number of ether oxygens (including phenoxy) is 4. The zero-order valence-electron chi connectivity index (χ0n) is 51.0. The second kappa shape index (κ2) is 52.1. The predicted octanol–water partition coefficient (Wildman–Crippen LogP) is 12.5. The smallest absolute Gasteiger partial charge is 0.220 e. The second-order valence-electron chi connectivity index (χ2n) is 23.2. The van der Waals surface area contributed by atoms with Gasteiger partial charge in [-0.05, 0) is 57.8 Å². The Balaban J connectivity index is 1.46. The Kier molecular flexibility index (Phi) is 48.1. The molecule has 0 aromatic heterocycles. The van der Waals surface area contributed by atoms with Gasteiger partial charge >= 0.3 is 0 Å². The van der Waals surface area contributed by atoms with Gasteiger partial charge in [-0.2, -0.15) is 0 Å². The van der Waals surface area contributed by atoms with Crippen molar-refractivity contribution in [3.05, 3.63) is 60.8 Å². The Labute approximate surface area is 492 Å². The minimum absolute atomic E-state index is 0.242. The third-order valence-electron chi connectivity index (χ3n) is 16.0. The van der Waals surface area contributed by atoms with E-state index in [1.807, 2.05) is 6.08 Å². The van der Waals surface area contributed by atoms with Crippen LogP contribution >= 0.6 is 0 Å². The molecule has 2 fully saturated rings. The number of hydrogen-bond acceptors (Lipinski definition) is 13. The van der Waals surface area contributed by atoms with Crippen molar-refractivity contribution in [1.82, 2.24) is 5.32 Å². The molecule has 14 heteroatoms. The lowest BCUT2D eigenvalue weighted by Gasteiger charge is -2.46. The molecule has 0 saturated carbocycles. The molecule has 12 atom stereocenters. The fourth-order valence-corrected chi connectivity index (χ4v) is 10.7. The molecule has 2 aliphatic rings. The number of hydrogen-bond donors (Lipinski definition) is 9. The summed E-state index contributed by atoms with van der Waals surface area (Å²) < 4.78 is 22.6. The number of amides is 1. The summed E-state index contributed by atoms with van der Waals surface area (Å²) in [5, 5.41) is 86.6. The summed E-state index contributed by atoms with van der Waals surface area (Å²) in [6.07, 6.45) is 52.3. The van der Waals surface area contributed by atoms with E-state index in [-0.39, 0.29) is 18.9 Å². The molecule has 0 aromatic carbocycles. The number of carbonyl (C=O) groups excluding carboxylic acids is 1. The molecule has 2 aliphatic heterocycles. The van der Waals surface area contributed by atoms with Crippen LogP contribution < -0.4 is 5.32 Å². The van der Waals surface area contributed by atoms with Gasteiger partial charge in [-0.25, -0.2) is 0 Å². The third kappa shape index (κ3) is 37.0. The normalized spacial score (nSPS) is 24.5. The maximum absolute atomic E-state index is 13.2. The topological polar surface area (TPSA) is 228 Å². The van der Waals surface area contributed by atoms with Crippen molar-refractivity contribution in [3.63, 3.8) is 0 Å². The number of aliphatic hydroxyl groups is 8. The van der Waals surface area contributed by atoms with Gasteiger partial charge in [0.05, 0.1) is 32.0 Å². The van der Waals surface area contributed by atoms with Crippen molar-refractivity contribution in [3.8, 4) is 0 Å². The molecule has 0 spiro atoms. The molecule has 9 N–H and O–H groups in total. The highest BCUT2D eigenvalue weighted by atomic mass is 16.7. The molecule has 2 heterocycles. The Morgan fingerprint density at radius 2 is 0.852 bits per heavy atom. The van der Waals surface area contributed by atoms with Crippen LogP contribution in [-0.2, 0) is 23.7 Å². The van der Waals surface area contributed by atoms with E-state index in [0.717, 1.165) is 77.0 Å². The largest absolute Gasteiger partial charge is 0.394 e. The van der Waals surface area contributed by atoms with Crippen molar-refractivity contribution < 1.29 is 64.6 Å². The number of nitrogens with one attached hydrogen (secondary N) is 1. The third-order valence-corrected chi connectivity index (χ3v) is 16.0. The summed E-state index contributed by atoms with van der Waals surface area (Å²) in [5.74, 6) is -0.242. The van der Waals surface area contributed by atoms with Crippen LogP contribution in [0.2, 0.25) is 0 Å². The molecule has 14 nitrogen and oxygen atoms in total. The summed E-state index contributed by atoms with van der Waals surface area (Å²) >= 11 is 0. The average Bonchev–Trinajstić information content (AvgIpc) is 3.55. The SMILES string of the molecule is CC/C=C\C/C=C\C/C=C\C/C=C\CCCCCCCCCCCCCCCCCCCCCCCCCCCCCCC(=O)NC(COC1OC(CO)C(OC2OC(CO)C(O)C(O)C2O)C(O)C1O)C(O)/C=C/CCCCCC. The van der Waals surface area contributed by atoms with Crippen LogP contribution in [0.5, 0.6) is 0 Å². The van der Waals surface area contributed by atoms with Gasteiger partial charge < -0.3 is 65.1 Å². The number of unbranched alkanes of at least 4 members (excludes halogenated alkanes) is 32. The van der Waals surface area contributed by atoms with E-state index in [4.69, 9.17) is 18.9 Å². The molecule has 2 rings (SSSR count). The summed E-state index contributed by atoms with van der Waals surface area (Å²) in [4.78, 5) is 13.2. The van der Waals surface area contributed by atoms with Gasteiger partial charge in [-0.15, -0.1) is 0 Å². The highest BCUT2D eigenvalue weighted by Gasteiger charge is 2.51. The van der Waals surface area contributed by atoms with E-state index >= 15 is 0 Å². The van der Waals surface area contributed by atoms with Crippen molar-refractivity contribution in [2.24, 2.45) is 0 Å². The molecule has 0 aliphatic carbocycles. The van der Waals surface area contributed by atoms with E-state index in [2.05, 4.69) is 67.8 Å². The van der Waals surface area contributed by atoms with Gasteiger partial charge in [-0.3, -0.25) is 4.79 Å². The first kappa shape index (κ1) is 74.8. The van der Waals surface area contributed by atoms with E-state index in [9.17, 15) is 45.6 Å². The number of allylic oxidation sites excluding steroid dienone is 9. The zero-order chi connectivity index (χ0) is 58.8. The lowest BCUT2D eigenvalue weighted by atomic mass is 9.97. The lowest BCUT2D eigenvalue weighted by Crippen LogP contribution is -2.65. The van der Waals surface area contributed by atoms with E-state index in [1.165, 1.54) is 161 Å². The van der Waals surface area contributed by atoms with Gasteiger partial charge in [0.25, 0.3) is 0 Å². The van der Waals surface area contributed by atoms with Crippen LogP contribution in [0.25, 0.3) is 0 Å². The molecule has 12 unspecified atom stereocenters. The van der Waals surface area contributed by atoms with Crippen molar-refractivity contribution in [1.29, 1.82) is 0 Å². The Morgan fingerprint density at radius 3 is 1.31 bits per heavy atom. The van der Waals surface area contributed by atoms with Crippen molar-refractivity contribution in [2.75, 3.05) is 19.8 Å². The van der Waals surface area contributed by atoms with Crippen LogP contribution in [0, 0.1) is 0 Å². The Morgan fingerprint density at radius 1 is 0.457 bits per heavy atom. The van der Waals surface area contributed by atoms with Crippen LogP contribution in [-0.4, -0.2) is 140 Å². The fourth-order valence-electron chi connectivity index (χ4n) is 10.7. The highest BCUT2D eigenvalue weighted by Crippen LogP contribution is 2.30. The van der Waals surface area contributed by atoms with E-state index in [1.54, 1.807) is 6.08 Å². The fraction of sp³-hybridized carbons (Fsp3) is 0.836. The van der Waals surface area contributed by atoms with Gasteiger partial charge in [-0.1, -0.05) is 261 Å². The molecule has 0 aromatic rings. The maximum atomic E-state index is 13.2. The molecular weight excluding hydrogens is 1030 g/mol. The van der Waals surface area contributed by atoms with E-state index < -0.39 is 86.8 Å². The van der Waals surface area contributed by atoms with Crippen LogP contribution in [0.1, 0.15) is 264 Å². The predicted molar refractivity (Wildman–Crippen MR) is 327 cm³/mol. The van der Waals surface area contributed by atoms with E-state index in [0.29, 0.717) is 6.42 Å². The van der Waals surface area contributed by atoms with Crippen LogP contribution in [0.15, 0.2) is 60.8 Å². The van der Waals surface area contributed by atoms with Crippen molar-refractivity contribution in [2.45, 2.75) is 338 Å². The first-order chi connectivity index (χ1) is 39.6. The van der Waals surface area contributed by atoms with Gasteiger partial charge in [0.15, 0.2) is 12.6 Å².